The Kier molecular flexibility index (Phi) is 24.1. The number of aromatic nitrogens is 1. The first-order valence-corrected chi connectivity index (χ1v) is 27.8. The molecule has 3 aromatic rings. The minimum Gasteiger partial charge on any atom is -0.496 e. The third-order valence-corrected chi connectivity index (χ3v) is 16.4. The van der Waals surface area contributed by atoms with Gasteiger partial charge in [0.25, 0.3) is 17.4 Å². The number of pyridine rings is 1. The van der Waals surface area contributed by atoms with E-state index in [4.69, 9.17) is 26.8 Å². The summed E-state index contributed by atoms with van der Waals surface area (Å²) >= 11 is 1.14. The highest BCUT2D eigenvalue weighted by molar-refractivity contribution is 7.97. The van der Waals surface area contributed by atoms with Crippen LogP contribution in [-0.2, 0) is 10.2 Å². The van der Waals surface area contributed by atoms with Crippen molar-refractivity contribution in [1.29, 1.82) is 0 Å². The summed E-state index contributed by atoms with van der Waals surface area (Å²) in [4.78, 5) is 49.5. The summed E-state index contributed by atoms with van der Waals surface area (Å²) in [6.45, 7) is 35.8. The van der Waals surface area contributed by atoms with Gasteiger partial charge in [0, 0.05) is 65.7 Å². The van der Waals surface area contributed by atoms with Crippen molar-refractivity contribution in [3.63, 3.8) is 0 Å². The first-order chi connectivity index (χ1) is 35.1. The molecule has 0 spiro atoms. The van der Waals surface area contributed by atoms with Gasteiger partial charge in [0.05, 0.1) is 26.3 Å². The Labute approximate surface area is 455 Å². The molecule has 2 bridgehead atoms. The van der Waals surface area contributed by atoms with Crippen molar-refractivity contribution in [2.75, 3.05) is 46.9 Å². The zero-order valence-corrected chi connectivity index (χ0v) is 49.6. The van der Waals surface area contributed by atoms with Gasteiger partial charge in [-0.05, 0) is 137 Å². The zero-order chi connectivity index (χ0) is 56.6. The summed E-state index contributed by atoms with van der Waals surface area (Å²) in [6, 6.07) is 14.2. The molecule has 4 atom stereocenters. The molecular formula is C60H96N8O6S. The lowest BCUT2D eigenvalue weighted by molar-refractivity contribution is -0.109. The number of benzene rings is 2. The number of nitrogens with zero attached hydrogens (tertiary/aromatic N) is 2. The molecule has 0 aliphatic heterocycles. The Balaban J connectivity index is 0.000000384. The Bertz CT molecular complexity index is 2450. The molecule has 1 aromatic heterocycles. The van der Waals surface area contributed by atoms with Crippen LogP contribution in [0.25, 0.3) is 0 Å². The van der Waals surface area contributed by atoms with Crippen molar-refractivity contribution in [1.82, 2.24) is 24.9 Å². The van der Waals surface area contributed by atoms with Crippen molar-refractivity contribution in [2.24, 2.45) is 63.1 Å². The number of amides is 3. The molecule has 2 aromatic carbocycles. The molecule has 0 saturated heterocycles. The van der Waals surface area contributed by atoms with E-state index >= 15 is 0 Å². The number of carbonyl (C=O) groups excluding carboxylic acids is 3. The van der Waals surface area contributed by atoms with E-state index in [1.165, 1.54) is 38.4 Å². The van der Waals surface area contributed by atoms with Crippen molar-refractivity contribution in [3.8, 4) is 11.5 Å². The summed E-state index contributed by atoms with van der Waals surface area (Å²) < 4.78 is 13.5. The highest BCUT2D eigenvalue weighted by Crippen LogP contribution is 2.65. The molecule has 1 heterocycles. The van der Waals surface area contributed by atoms with Gasteiger partial charge < -0.3 is 41.9 Å². The summed E-state index contributed by atoms with van der Waals surface area (Å²) in [7, 11) is 3.52. The van der Waals surface area contributed by atoms with Crippen molar-refractivity contribution in [2.45, 2.75) is 146 Å². The normalized spacial score (nSPS) is 17.5. The smallest absolute Gasteiger partial charge is 0.260 e. The topological polar surface area (TPSA) is 209 Å². The van der Waals surface area contributed by atoms with Crippen LogP contribution in [0.15, 0.2) is 88.0 Å². The summed E-state index contributed by atoms with van der Waals surface area (Å²) in [6.07, 6.45) is 10.4. The first-order valence-electron chi connectivity index (χ1n) is 27.0. The molecule has 418 valence electrons. The quantitative estimate of drug-likeness (QED) is 0.0204. The number of fused-ring (bicyclic) bond motifs is 1. The highest BCUT2D eigenvalue weighted by Gasteiger charge is 2.56. The van der Waals surface area contributed by atoms with Crippen LogP contribution in [0.5, 0.6) is 11.5 Å². The number of hydrogen-bond donors (Lipinski definition) is 6. The van der Waals surface area contributed by atoms with Crippen molar-refractivity contribution in [3.05, 3.63) is 111 Å². The number of allylic oxidation sites excluding steroid dienone is 1. The molecule has 15 heteroatoms. The zero-order valence-electron chi connectivity index (χ0n) is 48.7. The highest BCUT2D eigenvalue weighted by atomic mass is 32.2. The number of nitrogens with two attached hydrogens (primary N) is 3. The standard InChI is InChI=1S/C30H48N2O3.C28H42N6O3S.C2H6/c1-27(2,17-31)16-28(3,4)30(7,8)20-12-24(34-9)26(25(13-20)35-10)21-11-19(15-32-18-33)22-14-23(21)29(22,5)6;1-19(2)11-12-33(30)18-24(29)16-32-27(36)22-7-6-8-25(14-22)38-34-17-23(9-10-26(34)35)28(37)31-15-21(5)13-20(3)4;1-2/h11-13,18,21-23H,14-17,31H2,1-10H3,(H,32,33);6-10,14,17-21H,11-13,15-16,29-30H2,1-5H3,(H,31,37)(H,32,36);1-2H3/b;24-18-;/t21-,22+,23-;;/m0../s1. The summed E-state index contributed by atoms with van der Waals surface area (Å²) in [5.41, 5.74) is 16.8. The van der Waals surface area contributed by atoms with Gasteiger partial charge in [-0.25, -0.2) is 5.84 Å². The predicted octanol–water partition coefficient (Wildman–Crippen LogP) is 10.4. The Morgan fingerprint density at radius 3 is 2.11 bits per heavy atom. The third kappa shape index (κ3) is 17.4. The van der Waals surface area contributed by atoms with Gasteiger partial charge in [-0.15, -0.1) is 0 Å². The SMILES string of the molecule is CC.CC(C)CCN(N)/C=C(\N)CNC(=O)c1cccc(Sn2cc(C(=O)NCC(C)CC(C)C)ccc2=O)c1.COc1cc(C(C)(C)C(C)(C)CC(C)(C)CN)cc(OC)c1[C@H]1C=C(CNC=O)[C@H]2C[C@@H]1C2(C)C. The van der Waals surface area contributed by atoms with Gasteiger partial charge in [0.15, 0.2) is 0 Å². The fourth-order valence-corrected chi connectivity index (χ4v) is 11.4. The largest absolute Gasteiger partial charge is 0.496 e. The van der Waals surface area contributed by atoms with Crippen LogP contribution >= 0.6 is 11.9 Å². The molecule has 75 heavy (non-hydrogen) atoms. The fourth-order valence-electron chi connectivity index (χ4n) is 10.5. The Morgan fingerprint density at radius 1 is 0.920 bits per heavy atom. The van der Waals surface area contributed by atoms with E-state index in [1.807, 2.05) is 13.8 Å². The number of ether oxygens (including phenoxy) is 2. The molecule has 1 unspecified atom stereocenters. The Morgan fingerprint density at radius 2 is 1.55 bits per heavy atom. The Hall–Kier alpha value is -5.25. The number of hydrogen-bond acceptors (Lipinski definition) is 11. The second-order valence-electron chi connectivity index (χ2n) is 23.8. The van der Waals surface area contributed by atoms with Gasteiger partial charge in [-0.1, -0.05) is 122 Å². The number of methoxy groups -OCH3 is 2. The van der Waals surface area contributed by atoms with Gasteiger partial charge in [-0.3, -0.25) is 23.2 Å². The van der Waals surface area contributed by atoms with Crippen LogP contribution < -0.4 is 48.3 Å². The van der Waals surface area contributed by atoms with Gasteiger partial charge in [-0.2, -0.15) is 0 Å². The van der Waals surface area contributed by atoms with Crippen LogP contribution in [0.1, 0.15) is 167 Å². The lowest BCUT2D eigenvalue weighted by Crippen LogP contribution is -2.52. The van der Waals surface area contributed by atoms with Crippen molar-refractivity contribution < 1.29 is 23.9 Å². The maximum Gasteiger partial charge on any atom is 0.260 e. The van der Waals surface area contributed by atoms with Crippen LogP contribution in [0, 0.1) is 45.8 Å². The molecule has 3 aliphatic carbocycles. The van der Waals surface area contributed by atoms with E-state index in [2.05, 4.69) is 124 Å². The first kappa shape index (κ1) is 64.0. The molecule has 3 aliphatic rings. The minimum absolute atomic E-state index is 0.00496. The number of rotatable bonds is 25. The van der Waals surface area contributed by atoms with E-state index in [1.54, 1.807) is 44.7 Å². The van der Waals surface area contributed by atoms with Crippen LogP contribution in [0.4, 0.5) is 0 Å². The minimum atomic E-state index is -0.300. The second-order valence-corrected chi connectivity index (χ2v) is 24.8. The maximum atomic E-state index is 12.7. The van der Waals surface area contributed by atoms with E-state index < -0.39 is 0 Å². The van der Waals surface area contributed by atoms with E-state index in [0.29, 0.717) is 77.5 Å². The second kappa shape index (κ2) is 28.2. The molecule has 14 nitrogen and oxygen atoms in total. The lowest BCUT2D eigenvalue weighted by atomic mass is 9.45. The molecule has 9 N–H and O–H groups in total. The van der Waals surface area contributed by atoms with Gasteiger partial charge in [0.1, 0.15) is 11.5 Å². The maximum absolute atomic E-state index is 12.7. The van der Waals surface area contributed by atoms with Gasteiger partial charge >= 0.3 is 0 Å². The molecule has 6 rings (SSSR count). The fraction of sp³-hybridized carbons (Fsp3) is 0.600. The van der Waals surface area contributed by atoms with Crippen LogP contribution in [0.2, 0.25) is 0 Å². The monoisotopic (exact) mass is 1060 g/mol. The summed E-state index contributed by atoms with van der Waals surface area (Å²) in [5, 5.41) is 10.1. The molecular weight excluding hydrogens is 961 g/mol. The third-order valence-electron chi connectivity index (χ3n) is 15.4. The predicted molar refractivity (Wildman–Crippen MR) is 310 cm³/mol. The summed E-state index contributed by atoms with van der Waals surface area (Å²) in [5.74, 6) is 9.82. The number of nitrogens with one attached hydrogen (secondary N) is 3. The average molecular weight is 1060 g/mol. The molecule has 1 saturated carbocycles. The molecule has 3 amide bonds. The van der Waals surface area contributed by atoms with Crippen LogP contribution in [-0.4, -0.2) is 74.1 Å². The molecule has 0 radical (unpaired) electrons. The number of carbonyl (C=O) groups is 3. The van der Waals surface area contributed by atoms with E-state index in [-0.39, 0.29) is 51.5 Å². The van der Waals surface area contributed by atoms with Gasteiger partial charge in [0.2, 0.25) is 6.41 Å². The van der Waals surface area contributed by atoms with Crippen LogP contribution in [0.3, 0.4) is 0 Å². The van der Waals surface area contributed by atoms with E-state index in [0.717, 1.165) is 61.1 Å². The number of hydrazine groups is 1. The molecule has 1 fully saturated rings. The average Bonchev–Trinajstić information content (AvgIpc) is 3.36. The van der Waals surface area contributed by atoms with Crippen molar-refractivity contribution >= 4 is 30.2 Å². The lowest BCUT2D eigenvalue weighted by Gasteiger charge is -2.59. The van der Waals surface area contributed by atoms with E-state index in [9.17, 15) is 19.2 Å².